The van der Waals surface area contributed by atoms with Crippen LogP contribution in [0.1, 0.15) is 5.56 Å². The van der Waals surface area contributed by atoms with Gasteiger partial charge in [-0.2, -0.15) is 0 Å². The molecule has 0 radical (unpaired) electrons. The van der Waals surface area contributed by atoms with Crippen LogP contribution >= 0.6 is 34.8 Å². The quantitative estimate of drug-likeness (QED) is 0.835. The molecule has 0 aromatic heterocycles. The Balaban J connectivity index is 1.92. The van der Waals surface area contributed by atoms with Gasteiger partial charge in [-0.15, -0.1) is 0 Å². The van der Waals surface area contributed by atoms with Crippen molar-refractivity contribution in [1.29, 1.82) is 0 Å². The SMILES string of the molecule is CN(CC(=O)Nc1ccc(Cl)c(Cl)c1)C(=O)Cc1ccccc1Cl. The van der Waals surface area contributed by atoms with E-state index in [1.165, 1.54) is 4.90 Å². The molecule has 2 aromatic carbocycles. The maximum Gasteiger partial charge on any atom is 0.243 e. The summed E-state index contributed by atoms with van der Waals surface area (Å²) < 4.78 is 0. The Labute approximate surface area is 155 Å². The van der Waals surface area contributed by atoms with Gasteiger partial charge >= 0.3 is 0 Å². The number of halogens is 3. The second kappa shape index (κ2) is 8.38. The van der Waals surface area contributed by atoms with E-state index in [1.54, 1.807) is 43.4 Å². The van der Waals surface area contributed by atoms with E-state index in [9.17, 15) is 9.59 Å². The lowest BCUT2D eigenvalue weighted by molar-refractivity contribution is -0.132. The molecule has 0 aliphatic heterocycles. The second-order valence-electron chi connectivity index (χ2n) is 5.20. The van der Waals surface area contributed by atoms with Crippen LogP contribution in [0.15, 0.2) is 42.5 Å². The lowest BCUT2D eigenvalue weighted by atomic mass is 10.1. The van der Waals surface area contributed by atoms with E-state index in [1.807, 2.05) is 6.07 Å². The number of nitrogens with one attached hydrogen (secondary N) is 1. The van der Waals surface area contributed by atoms with Gasteiger partial charge in [0.1, 0.15) is 0 Å². The highest BCUT2D eigenvalue weighted by Crippen LogP contribution is 2.25. The summed E-state index contributed by atoms with van der Waals surface area (Å²) in [5, 5.41) is 3.95. The summed E-state index contributed by atoms with van der Waals surface area (Å²) in [5.74, 6) is -0.532. The lowest BCUT2D eigenvalue weighted by Crippen LogP contribution is -2.35. The van der Waals surface area contributed by atoms with E-state index in [0.29, 0.717) is 20.8 Å². The highest BCUT2D eigenvalue weighted by Gasteiger charge is 2.15. The molecular weight excluding hydrogens is 371 g/mol. The normalized spacial score (nSPS) is 10.3. The molecule has 1 N–H and O–H groups in total. The van der Waals surface area contributed by atoms with Crippen molar-refractivity contribution in [3.8, 4) is 0 Å². The number of hydrogen-bond acceptors (Lipinski definition) is 2. The molecule has 0 saturated carbocycles. The molecule has 0 spiro atoms. The Morgan fingerprint density at radius 1 is 1.00 bits per heavy atom. The van der Waals surface area contributed by atoms with Gasteiger partial charge in [-0.3, -0.25) is 9.59 Å². The number of likely N-dealkylation sites (N-methyl/N-ethyl adjacent to an activating group) is 1. The first kappa shape index (κ1) is 18.6. The molecule has 0 saturated heterocycles. The molecule has 0 heterocycles. The van der Waals surface area contributed by atoms with Crippen LogP contribution in [0.25, 0.3) is 0 Å². The molecule has 2 aromatic rings. The zero-order valence-corrected chi connectivity index (χ0v) is 15.1. The maximum absolute atomic E-state index is 12.2. The van der Waals surface area contributed by atoms with Crippen LogP contribution in [0.3, 0.4) is 0 Å². The molecule has 7 heteroatoms. The fourth-order valence-electron chi connectivity index (χ4n) is 2.02. The Kier molecular flexibility index (Phi) is 6.49. The van der Waals surface area contributed by atoms with Gasteiger partial charge in [-0.1, -0.05) is 53.0 Å². The molecule has 2 rings (SSSR count). The largest absolute Gasteiger partial charge is 0.336 e. The van der Waals surface area contributed by atoms with Crippen LogP contribution < -0.4 is 5.32 Å². The Morgan fingerprint density at radius 3 is 2.38 bits per heavy atom. The van der Waals surface area contributed by atoms with Crippen molar-refractivity contribution in [2.24, 2.45) is 0 Å². The number of carbonyl (C=O) groups excluding carboxylic acids is 2. The smallest absolute Gasteiger partial charge is 0.243 e. The summed E-state index contributed by atoms with van der Waals surface area (Å²) in [4.78, 5) is 25.6. The monoisotopic (exact) mass is 384 g/mol. The molecule has 126 valence electrons. The van der Waals surface area contributed by atoms with Gasteiger partial charge in [-0.25, -0.2) is 0 Å². The zero-order valence-electron chi connectivity index (χ0n) is 12.9. The van der Waals surface area contributed by atoms with Gasteiger partial charge in [0, 0.05) is 17.8 Å². The molecular formula is C17H15Cl3N2O2. The van der Waals surface area contributed by atoms with Crippen LogP contribution in [0.5, 0.6) is 0 Å². The third-order valence-electron chi connectivity index (χ3n) is 3.31. The minimum absolute atomic E-state index is 0.0798. The maximum atomic E-state index is 12.2. The third kappa shape index (κ3) is 5.13. The fourth-order valence-corrected chi connectivity index (χ4v) is 2.52. The molecule has 0 unspecified atom stereocenters. The van der Waals surface area contributed by atoms with Gasteiger partial charge in [0.2, 0.25) is 11.8 Å². The molecule has 0 aliphatic rings. The first-order valence-electron chi connectivity index (χ1n) is 7.09. The lowest BCUT2D eigenvalue weighted by Gasteiger charge is -2.17. The van der Waals surface area contributed by atoms with E-state index in [0.717, 1.165) is 5.56 Å². The van der Waals surface area contributed by atoms with Crippen molar-refractivity contribution >= 4 is 52.3 Å². The van der Waals surface area contributed by atoms with Crippen molar-refractivity contribution in [2.75, 3.05) is 18.9 Å². The standard InChI is InChI=1S/C17H15Cl3N2O2/c1-22(17(24)8-11-4-2-3-5-13(11)18)10-16(23)21-12-6-7-14(19)15(20)9-12/h2-7,9H,8,10H2,1H3,(H,21,23). The first-order chi connectivity index (χ1) is 11.4. The van der Waals surface area contributed by atoms with Crippen molar-refractivity contribution in [3.05, 3.63) is 63.1 Å². The number of benzene rings is 2. The summed E-state index contributed by atoms with van der Waals surface area (Å²) in [7, 11) is 1.56. The summed E-state index contributed by atoms with van der Waals surface area (Å²) in [6, 6.07) is 11.9. The van der Waals surface area contributed by atoms with Crippen LogP contribution in [-0.2, 0) is 16.0 Å². The minimum atomic E-state index is -0.330. The summed E-state index contributed by atoms with van der Waals surface area (Å²) in [6.45, 7) is -0.0798. The Hall–Kier alpha value is -1.75. The highest BCUT2D eigenvalue weighted by atomic mass is 35.5. The van der Waals surface area contributed by atoms with Gasteiger partial charge in [0.15, 0.2) is 0 Å². The van der Waals surface area contributed by atoms with E-state index < -0.39 is 0 Å². The Bertz CT molecular complexity index is 765. The second-order valence-corrected chi connectivity index (χ2v) is 6.42. The summed E-state index contributed by atoms with van der Waals surface area (Å²) in [6.07, 6.45) is 0.135. The molecule has 4 nitrogen and oxygen atoms in total. The van der Waals surface area contributed by atoms with Crippen molar-refractivity contribution in [1.82, 2.24) is 4.90 Å². The van der Waals surface area contributed by atoms with Crippen LogP contribution in [0.4, 0.5) is 5.69 Å². The number of hydrogen-bond donors (Lipinski definition) is 1. The van der Waals surface area contributed by atoms with E-state index >= 15 is 0 Å². The van der Waals surface area contributed by atoms with Crippen LogP contribution in [0.2, 0.25) is 15.1 Å². The molecule has 0 aliphatic carbocycles. The molecule has 0 fully saturated rings. The molecule has 0 atom stereocenters. The highest BCUT2D eigenvalue weighted by molar-refractivity contribution is 6.42. The topological polar surface area (TPSA) is 49.4 Å². The van der Waals surface area contributed by atoms with Gasteiger partial charge in [0.05, 0.1) is 23.0 Å². The molecule has 24 heavy (non-hydrogen) atoms. The van der Waals surface area contributed by atoms with Gasteiger partial charge in [0.25, 0.3) is 0 Å². The predicted octanol–water partition coefficient (Wildman–Crippen LogP) is 4.29. The number of rotatable bonds is 5. The number of nitrogens with zero attached hydrogens (tertiary/aromatic N) is 1. The third-order valence-corrected chi connectivity index (χ3v) is 4.42. The summed E-state index contributed by atoms with van der Waals surface area (Å²) in [5.41, 5.74) is 1.24. The average Bonchev–Trinajstić information content (AvgIpc) is 2.53. The number of anilines is 1. The minimum Gasteiger partial charge on any atom is -0.336 e. The van der Waals surface area contributed by atoms with Crippen molar-refractivity contribution in [3.63, 3.8) is 0 Å². The van der Waals surface area contributed by atoms with Crippen LogP contribution in [0, 0.1) is 0 Å². The Morgan fingerprint density at radius 2 is 1.71 bits per heavy atom. The van der Waals surface area contributed by atoms with E-state index in [2.05, 4.69) is 5.32 Å². The molecule has 2 amide bonds. The number of carbonyl (C=O) groups is 2. The predicted molar refractivity (Wildman–Crippen MR) is 97.9 cm³/mol. The molecule has 0 bridgehead atoms. The zero-order chi connectivity index (χ0) is 17.7. The van der Waals surface area contributed by atoms with E-state index in [-0.39, 0.29) is 24.8 Å². The van der Waals surface area contributed by atoms with Crippen molar-refractivity contribution < 1.29 is 9.59 Å². The van der Waals surface area contributed by atoms with Gasteiger partial charge < -0.3 is 10.2 Å². The van der Waals surface area contributed by atoms with Crippen molar-refractivity contribution in [2.45, 2.75) is 6.42 Å². The average molecular weight is 386 g/mol. The van der Waals surface area contributed by atoms with Gasteiger partial charge in [-0.05, 0) is 29.8 Å². The van der Waals surface area contributed by atoms with E-state index in [4.69, 9.17) is 34.8 Å². The summed E-state index contributed by atoms with van der Waals surface area (Å²) >= 11 is 17.8. The van der Waals surface area contributed by atoms with Crippen LogP contribution in [-0.4, -0.2) is 30.3 Å². The fraction of sp³-hybridized carbons (Fsp3) is 0.176. The number of amides is 2. The first-order valence-corrected chi connectivity index (χ1v) is 8.22.